The summed E-state index contributed by atoms with van der Waals surface area (Å²) in [5, 5.41) is 3.42. The van der Waals surface area contributed by atoms with Gasteiger partial charge in [-0.3, -0.25) is 0 Å². The van der Waals surface area contributed by atoms with Gasteiger partial charge in [-0.05, 0) is 43.4 Å². The second-order valence-corrected chi connectivity index (χ2v) is 5.36. The molecule has 3 nitrogen and oxygen atoms in total. The predicted octanol–water partition coefficient (Wildman–Crippen LogP) is 2.92. The fourth-order valence-corrected chi connectivity index (χ4v) is 2.27. The van der Waals surface area contributed by atoms with E-state index >= 15 is 0 Å². The van der Waals surface area contributed by atoms with Crippen LogP contribution in [0.1, 0.15) is 25.8 Å². The van der Waals surface area contributed by atoms with Crippen molar-refractivity contribution in [3.8, 4) is 0 Å². The molecule has 0 radical (unpaired) electrons. The maximum Gasteiger partial charge on any atom is 0.129 e. The van der Waals surface area contributed by atoms with Crippen LogP contribution >= 0.6 is 11.8 Å². The van der Waals surface area contributed by atoms with Crippen molar-refractivity contribution in [2.45, 2.75) is 33.2 Å². The maximum absolute atomic E-state index is 5.66. The molecule has 3 N–H and O–H groups in total. The van der Waals surface area contributed by atoms with Gasteiger partial charge in [-0.15, -0.1) is 0 Å². The Labute approximate surface area is 102 Å². The molecule has 0 fully saturated rings. The van der Waals surface area contributed by atoms with E-state index in [1.165, 1.54) is 11.5 Å². The lowest BCUT2D eigenvalue weighted by molar-refractivity contribution is 0.765. The lowest BCUT2D eigenvalue weighted by Gasteiger charge is -2.15. The Morgan fingerprint density at radius 3 is 2.94 bits per heavy atom. The van der Waals surface area contributed by atoms with E-state index in [9.17, 15) is 0 Å². The molecule has 0 saturated heterocycles. The van der Waals surface area contributed by atoms with Crippen molar-refractivity contribution >= 4 is 23.3 Å². The SMILES string of the molecule is CCSCCC(C)Nc1ncc(N)cc1C. The summed E-state index contributed by atoms with van der Waals surface area (Å²) in [6, 6.07) is 2.40. The van der Waals surface area contributed by atoms with Crippen LogP contribution in [0.4, 0.5) is 11.5 Å². The summed E-state index contributed by atoms with van der Waals surface area (Å²) in [4.78, 5) is 4.30. The van der Waals surface area contributed by atoms with Crippen molar-refractivity contribution in [1.82, 2.24) is 4.98 Å². The first-order valence-corrected chi connectivity index (χ1v) is 6.85. The van der Waals surface area contributed by atoms with Gasteiger partial charge in [0.1, 0.15) is 5.82 Å². The lowest BCUT2D eigenvalue weighted by atomic mass is 10.2. The third kappa shape index (κ3) is 4.31. The zero-order valence-electron chi connectivity index (χ0n) is 10.3. The highest BCUT2D eigenvalue weighted by Crippen LogP contribution is 2.16. The third-order valence-electron chi connectivity index (χ3n) is 2.38. The molecule has 0 spiro atoms. The number of nitrogen functional groups attached to an aromatic ring is 1. The second-order valence-electron chi connectivity index (χ2n) is 3.97. The molecular formula is C12H21N3S. The second kappa shape index (κ2) is 6.63. The molecule has 1 rings (SSSR count). The van der Waals surface area contributed by atoms with Gasteiger partial charge >= 0.3 is 0 Å². The summed E-state index contributed by atoms with van der Waals surface area (Å²) < 4.78 is 0. The summed E-state index contributed by atoms with van der Waals surface area (Å²) in [6.07, 6.45) is 2.85. The number of hydrogen-bond donors (Lipinski definition) is 2. The van der Waals surface area contributed by atoms with Gasteiger partial charge < -0.3 is 11.1 Å². The molecule has 0 aliphatic rings. The van der Waals surface area contributed by atoms with Crippen LogP contribution in [0.15, 0.2) is 12.3 Å². The molecule has 1 unspecified atom stereocenters. The molecule has 1 atom stereocenters. The maximum atomic E-state index is 5.66. The highest BCUT2D eigenvalue weighted by atomic mass is 32.2. The van der Waals surface area contributed by atoms with Gasteiger partial charge in [-0.2, -0.15) is 11.8 Å². The van der Waals surface area contributed by atoms with Crippen LogP contribution in [-0.4, -0.2) is 22.5 Å². The van der Waals surface area contributed by atoms with Gasteiger partial charge in [0.2, 0.25) is 0 Å². The number of anilines is 2. The van der Waals surface area contributed by atoms with Gasteiger partial charge in [-0.25, -0.2) is 4.98 Å². The Bertz CT molecular complexity index is 328. The number of nitrogens with two attached hydrogens (primary N) is 1. The molecular weight excluding hydrogens is 218 g/mol. The summed E-state index contributed by atoms with van der Waals surface area (Å²) in [6.45, 7) is 6.40. The Morgan fingerprint density at radius 2 is 2.31 bits per heavy atom. The fourth-order valence-electron chi connectivity index (χ4n) is 1.46. The quantitative estimate of drug-likeness (QED) is 0.749. The smallest absolute Gasteiger partial charge is 0.129 e. The molecule has 0 aromatic carbocycles. The average molecular weight is 239 g/mol. The first-order valence-electron chi connectivity index (χ1n) is 5.70. The molecule has 0 aliphatic heterocycles. The van der Waals surface area contributed by atoms with Gasteiger partial charge in [0.05, 0.1) is 11.9 Å². The van der Waals surface area contributed by atoms with E-state index < -0.39 is 0 Å². The number of aryl methyl sites for hydroxylation is 1. The number of rotatable bonds is 6. The Hall–Kier alpha value is -0.900. The van der Waals surface area contributed by atoms with E-state index in [2.05, 4.69) is 24.1 Å². The molecule has 0 bridgehead atoms. The van der Waals surface area contributed by atoms with Gasteiger partial charge in [0.15, 0.2) is 0 Å². The molecule has 4 heteroatoms. The van der Waals surface area contributed by atoms with Crippen molar-refractivity contribution in [3.05, 3.63) is 17.8 Å². The van der Waals surface area contributed by atoms with Crippen molar-refractivity contribution in [1.29, 1.82) is 0 Å². The van der Waals surface area contributed by atoms with Crippen LogP contribution in [0.25, 0.3) is 0 Å². The van der Waals surface area contributed by atoms with Crippen molar-refractivity contribution < 1.29 is 0 Å². The normalized spacial score (nSPS) is 12.4. The molecule has 1 aromatic rings. The number of aromatic nitrogens is 1. The zero-order chi connectivity index (χ0) is 12.0. The van der Waals surface area contributed by atoms with Crippen molar-refractivity contribution in [2.24, 2.45) is 0 Å². The first-order chi connectivity index (χ1) is 7.63. The molecule has 1 heterocycles. The standard InChI is InChI=1S/C12H21N3S/c1-4-16-6-5-10(3)15-12-9(2)7-11(13)8-14-12/h7-8,10H,4-6,13H2,1-3H3,(H,14,15). The number of nitrogens with zero attached hydrogens (tertiary/aromatic N) is 1. The molecule has 1 aromatic heterocycles. The Balaban J connectivity index is 2.46. The minimum atomic E-state index is 0.453. The summed E-state index contributed by atoms with van der Waals surface area (Å²) in [7, 11) is 0. The van der Waals surface area contributed by atoms with Gasteiger partial charge in [0, 0.05) is 6.04 Å². The lowest BCUT2D eigenvalue weighted by Crippen LogP contribution is -2.17. The number of hydrogen-bond acceptors (Lipinski definition) is 4. The fraction of sp³-hybridized carbons (Fsp3) is 0.583. The highest BCUT2D eigenvalue weighted by molar-refractivity contribution is 7.99. The van der Waals surface area contributed by atoms with E-state index in [-0.39, 0.29) is 0 Å². The zero-order valence-corrected chi connectivity index (χ0v) is 11.1. The number of thioether (sulfide) groups is 1. The molecule has 16 heavy (non-hydrogen) atoms. The molecule has 0 aliphatic carbocycles. The monoisotopic (exact) mass is 239 g/mol. The van der Waals surface area contributed by atoms with E-state index in [4.69, 9.17) is 5.73 Å². The Kier molecular flexibility index (Phi) is 5.46. The molecule has 0 amide bonds. The highest BCUT2D eigenvalue weighted by Gasteiger charge is 2.05. The Morgan fingerprint density at radius 1 is 1.56 bits per heavy atom. The van der Waals surface area contributed by atoms with E-state index in [0.717, 1.165) is 23.5 Å². The molecule has 90 valence electrons. The van der Waals surface area contributed by atoms with Crippen molar-refractivity contribution in [3.63, 3.8) is 0 Å². The number of pyridine rings is 1. The van der Waals surface area contributed by atoms with Crippen LogP contribution < -0.4 is 11.1 Å². The van der Waals surface area contributed by atoms with Crippen LogP contribution in [0.2, 0.25) is 0 Å². The van der Waals surface area contributed by atoms with Crippen LogP contribution in [0.3, 0.4) is 0 Å². The van der Waals surface area contributed by atoms with E-state index in [0.29, 0.717) is 6.04 Å². The predicted molar refractivity (Wildman–Crippen MR) is 74.1 cm³/mol. The first kappa shape index (κ1) is 13.2. The average Bonchev–Trinajstić information content (AvgIpc) is 2.23. The van der Waals surface area contributed by atoms with Gasteiger partial charge in [0.25, 0.3) is 0 Å². The third-order valence-corrected chi connectivity index (χ3v) is 3.31. The van der Waals surface area contributed by atoms with Crippen molar-refractivity contribution in [2.75, 3.05) is 22.6 Å². The van der Waals surface area contributed by atoms with Crippen LogP contribution in [0, 0.1) is 6.92 Å². The summed E-state index contributed by atoms with van der Waals surface area (Å²) in [5.74, 6) is 3.33. The minimum absolute atomic E-state index is 0.453. The van der Waals surface area contributed by atoms with Crippen LogP contribution in [-0.2, 0) is 0 Å². The topological polar surface area (TPSA) is 50.9 Å². The molecule has 0 saturated carbocycles. The van der Waals surface area contributed by atoms with E-state index in [1.807, 2.05) is 24.8 Å². The minimum Gasteiger partial charge on any atom is -0.397 e. The number of nitrogens with one attached hydrogen (secondary N) is 1. The van der Waals surface area contributed by atoms with Gasteiger partial charge in [-0.1, -0.05) is 6.92 Å². The summed E-state index contributed by atoms with van der Waals surface area (Å²) in [5.41, 5.74) is 7.49. The summed E-state index contributed by atoms with van der Waals surface area (Å²) >= 11 is 1.97. The largest absolute Gasteiger partial charge is 0.397 e. The van der Waals surface area contributed by atoms with E-state index in [1.54, 1.807) is 6.20 Å². The van der Waals surface area contributed by atoms with Crippen LogP contribution in [0.5, 0.6) is 0 Å².